The molecular weight excluding hydrogens is 304 g/mol. The lowest BCUT2D eigenvalue weighted by atomic mass is 9.56. The van der Waals surface area contributed by atoms with Gasteiger partial charge in [0.05, 0.1) is 18.1 Å². The summed E-state index contributed by atoms with van der Waals surface area (Å²) in [6, 6.07) is 4.10. The molecule has 5 unspecified atom stereocenters. The van der Waals surface area contributed by atoms with Gasteiger partial charge in [-0.05, 0) is 42.7 Å². The molecule has 1 N–H and O–H groups in total. The summed E-state index contributed by atoms with van der Waals surface area (Å²) in [5.74, 6) is 2.12. The van der Waals surface area contributed by atoms with Crippen molar-refractivity contribution in [3.8, 4) is 11.5 Å². The molecule has 5 rings (SSSR count). The second kappa shape index (κ2) is 4.54. The maximum Gasteiger partial charge on any atom is 0.174 e. The Balaban J connectivity index is 1.75. The van der Waals surface area contributed by atoms with Gasteiger partial charge in [0.15, 0.2) is 23.4 Å². The van der Waals surface area contributed by atoms with E-state index in [0.29, 0.717) is 30.3 Å². The zero-order chi connectivity index (χ0) is 16.7. The fraction of sp³-hybridized carbons (Fsp3) is 0.650. The van der Waals surface area contributed by atoms with Gasteiger partial charge in [-0.15, -0.1) is 0 Å². The number of methoxy groups -OCH3 is 1. The van der Waals surface area contributed by atoms with E-state index in [-0.39, 0.29) is 11.7 Å². The molecule has 0 saturated heterocycles. The lowest BCUT2D eigenvalue weighted by Gasteiger charge is -2.50. The number of fused-ring (bicyclic) bond motifs is 2. The van der Waals surface area contributed by atoms with Gasteiger partial charge in [-0.1, -0.05) is 25.8 Å². The summed E-state index contributed by atoms with van der Waals surface area (Å²) < 4.78 is 11.6. The second-order valence-corrected chi connectivity index (χ2v) is 7.98. The minimum Gasteiger partial charge on any atom is -0.493 e. The smallest absolute Gasteiger partial charge is 0.174 e. The van der Waals surface area contributed by atoms with E-state index in [4.69, 9.17) is 9.47 Å². The zero-order valence-corrected chi connectivity index (χ0v) is 14.3. The quantitative estimate of drug-likeness (QED) is 0.923. The topological polar surface area (TPSA) is 55.8 Å². The summed E-state index contributed by atoms with van der Waals surface area (Å²) in [5, 5.41) is 11.8. The predicted molar refractivity (Wildman–Crippen MR) is 88.7 cm³/mol. The lowest BCUT2D eigenvalue weighted by molar-refractivity contribution is -0.151. The molecule has 0 aromatic heterocycles. The molecular formula is C20H24O4. The van der Waals surface area contributed by atoms with Gasteiger partial charge in [0.2, 0.25) is 0 Å². The van der Waals surface area contributed by atoms with Crippen LogP contribution in [0, 0.1) is 5.92 Å². The van der Waals surface area contributed by atoms with Crippen LogP contribution in [0.3, 0.4) is 0 Å². The minimum atomic E-state index is -0.809. The number of ether oxygens (including phenoxy) is 2. The maximum atomic E-state index is 12.7. The molecule has 5 atom stereocenters. The summed E-state index contributed by atoms with van der Waals surface area (Å²) in [5.41, 5.74) is 1.02. The monoisotopic (exact) mass is 328 g/mol. The first kappa shape index (κ1) is 14.8. The van der Waals surface area contributed by atoms with E-state index in [1.807, 2.05) is 6.07 Å². The van der Waals surface area contributed by atoms with E-state index in [1.54, 1.807) is 7.11 Å². The fourth-order valence-corrected chi connectivity index (χ4v) is 6.34. The number of hydrogen-bond donors (Lipinski definition) is 1. The van der Waals surface area contributed by atoms with Crippen LogP contribution in [0.4, 0.5) is 0 Å². The Morgan fingerprint density at radius 1 is 1.42 bits per heavy atom. The third kappa shape index (κ3) is 1.36. The van der Waals surface area contributed by atoms with Crippen molar-refractivity contribution in [3.63, 3.8) is 0 Å². The Kier molecular flexibility index (Phi) is 2.79. The van der Waals surface area contributed by atoms with Crippen LogP contribution in [-0.4, -0.2) is 29.7 Å². The van der Waals surface area contributed by atoms with Crippen molar-refractivity contribution in [2.75, 3.05) is 7.11 Å². The molecule has 128 valence electrons. The van der Waals surface area contributed by atoms with Crippen LogP contribution in [0.5, 0.6) is 11.5 Å². The van der Waals surface area contributed by atoms with Crippen molar-refractivity contribution in [2.24, 2.45) is 5.92 Å². The van der Waals surface area contributed by atoms with Crippen LogP contribution in [0.2, 0.25) is 0 Å². The molecule has 2 bridgehead atoms. The van der Waals surface area contributed by atoms with Gasteiger partial charge in [-0.3, -0.25) is 4.79 Å². The van der Waals surface area contributed by atoms with Gasteiger partial charge in [0.25, 0.3) is 0 Å². The number of unbranched alkanes of at least 4 members (excludes halogenated alkanes) is 1. The first-order valence-electron chi connectivity index (χ1n) is 9.21. The number of benzene rings is 1. The highest BCUT2D eigenvalue weighted by molar-refractivity contribution is 5.90. The molecule has 2 fully saturated rings. The van der Waals surface area contributed by atoms with Crippen molar-refractivity contribution in [2.45, 2.75) is 68.5 Å². The number of carbonyl (C=O) groups excluding carboxylic acids is 1. The molecule has 1 heterocycles. The largest absolute Gasteiger partial charge is 0.493 e. The number of ketones is 1. The van der Waals surface area contributed by atoms with Crippen LogP contribution < -0.4 is 9.47 Å². The van der Waals surface area contributed by atoms with Crippen LogP contribution in [0.15, 0.2) is 12.1 Å². The van der Waals surface area contributed by atoms with Crippen LogP contribution in [-0.2, 0) is 10.2 Å². The first-order valence-corrected chi connectivity index (χ1v) is 9.21. The van der Waals surface area contributed by atoms with E-state index in [1.165, 1.54) is 5.56 Å². The van der Waals surface area contributed by atoms with Crippen molar-refractivity contribution < 1.29 is 19.4 Å². The number of rotatable bonds is 4. The molecule has 1 aromatic rings. The number of Topliss-reactive ketones (excluding diaryl/α,β-unsaturated/α-hetero) is 1. The first-order chi connectivity index (χ1) is 11.6. The highest BCUT2D eigenvalue weighted by atomic mass is 16.5. The maximum absolute atomic E-state index is 12.7. The number of hydrogen-bond acceptors (Lipinski definition) is 4. The average molecular weight is 328 g/mol. The number of carbonyl (C=O) groups is 1. The highest BCUT2D eigenvalue weighted by Crippen LogP contribution is 2.74. The molecule has 1 spiro atoms. The molecule has 24 heavy (non-hydrogen) atoms. The predicted octanol–water partition coefficient (Wildman–Crippen LogP) is 3.10. The molecule has 3 aliphatic carbocycles. The van der Waals surface area contributed by atoms with Crippen molar-refractivity contribution in [1.29, 1.82) is 0 Å². The van der Waals surface area contributed by atoms with E-state index in [2.05, 4.69) is 13.0 Å². The minimum absolute atomic E-state index is 0.140. The van der Waals surface area contributed by atoms with Gasteiger partial charge >= 0.3 is 0 Å². The Morgan fingerprint density at radius 2 is 2.25 bits per heavy atom. The Morgan fingerprint density at radius 3 is 3.00 bits per heavy atom. The zero-order valence-electron chi connectivity index (χ0n) is 14.3. The number of aliphatic hydroxyl groups is 1. The standard InChI is InChI=1S/C20H24O4/c1-3-4-5-13-12-10-19-16-11(12)6-7-15(23-2)17(16)24-18(19)14(21)8-9-20(13,19)22/h6-7,12-13,18,22H,3-5,8-10H2,1-2H3. The van der Waals surface area contributed by atoms with E-state index >= 15 is 0 Å². The van der Waals surface area contributed by atoms with E-state index in [9.17, 15) is 9.90 Å². The molecule has 0 radical (unpaired) electrons. The molecule has 1 aromatic carbocycles. The van der Waals surface area contributed by atoms with Gasteiger partial charge in [0, 0.05) is 12.0 Å². The van der Waals surface area contributed by atoms with Crippen LogP contribution in [0.1, 0.15) is 62.5 Å². The third-order valence-corrected chi connectivity index (χ3v) is 7.23. The summed E-state index contributed by atoms with van der Waals surface area (Å²) in [6.07, 6.45) is 4.60. The van der Waals surface area contributed by atoms with Gasteiger partial charge < -0.3 is 14.6 Å². The molecule has 1 aliphatic heterocycles. The van der Waals surface area contributed by atoms with Gasteiger partial charge in [0.1, 0.15) is 0 Å². The highest BCUT2D eigenvalue weighted by Gasteiger charge is 2.77. The lowest BCUT2D eigenvalue weighted by Crippen LogP contribution is -2.63. The summed E-state index contributed by atoms with van der Waals surface area (Å²) >= 11 is 0. The van der Waals surface area contributed by atoms with Gasteiger partial charge in [-0.25, -0.2) is 0 Å². The van der Waals surface area contributed by atoms with Gasteiger partial charge in [-0.2, -0.15) is 0 Å². The third-order valence-electron chi connectivity index (χ3n) is 7.23. The van der Waals surface area contributed by atoms with E-state index < -0.39 is 17.1 Å². The molecule has 2 saturated carbocycles. The summed E-state index contributed by atoms with van der Waals surface area (Å²) in [7, 11) is 1.63. The molecule has 4 aliphatic rings. The summed E-state index contributed by atoms with van der Waals surface area (Å²) in [4.78, 5) is 12.7. The summed E-state index contributed by atoms with van der Waals surface area (Å²) in [6.45, 7) is 2.19. The van der Waals surface area contributed by atoms with Crippen molar-refractivity contribution >= 4 is 5.78 Å². The fourth-order valence-electron chi connectivity index (χ4n) is 6.34. The Labute approximate surface area is 142 Å². The molecule has 4 heteroatoms. The van der Waals surface area contributed by atoms with E-state index in [0.717, 1.165) is 31.2 Å². The Bertz CT molecular complexity index is 741. The molecule has 4 nitrogen and oxygen atoms in total. The van der Waals surface area contributed by atoms with Crippen molar-refractivity contribution in [3.05, 3.63) is 23.3 Å². The van der Waals surface area contributed by atoms with Crippen molar-refractivity contribution in [1.82, 2.24) is 0 Å². The average Bonchev–Trinajstić information content (AvgIpc) is 3.19. The second-order valence-electron chi connectivity index (χ2n) is 7.98. The molecule has 0 amide bonds. The Hall–Kier alpha value is -1.55. The normalized spacial score (nSPS) is 40.6. The van der Waals surface area contributed by atoms with Crippen LogP contribution >= 0.6 is 0 Å². The van der Waals surface area contributed by atoms with Crippen LogP contribution in [0.25, 0.3) is 0 Å². The SMILES string of the molecule is CCCCC1C2CC34c5c2ccc(OC)c5OC3C(=O)CCC14O.